The molecule has 0 saturated heterocycles. The maximum atomic E-state index is 12.8. The molecule has 0 aliphatic heterocycles. The maximum absolute atomic E-state index is 12.8. The van der Waals surface area contributed by atoms with E-state index in [1.165, 1.54) is 6.07 Å². The van der Waals surface area contributed by atoms with Crippen molar-refractivity contribution >= 4 is 32.4 Å². The van der Waals surface area contributed by atoms with E-state index >= 15 is 0 Å². The Morgan fingerprint density at radius 1 is 1.00 bits per heavy atom. The molecule has 0 bridgehead atoms. The first-order chi connectivity index (χ1) is 13.4. The lowest BCUT2D eigenvalue weighted by molar-refractivity contribution is 0.0915. The van der Waals surface area contributed by atoms with Gasteiger partial charge in [0.25, 0.3) is 15.9 Å². The Bertz CT molecular complexity index is 1090. The summed E-state index contributed by atoms with van der Waals surface area (Å²) < 4.78 is 28.0. The number of aliphatic hydroxyl groups is 1. The summed E-state index contributed by atoms with van der Waals surface area (Å²) in [6.45, 7) is 1.70. The van der Waals surface area contributed by atoms with Crippen LogP contribution in [0.2, 0.25) is 0 Å². The van der Waals surface area contributed by atoms with Crippen LogP contribution in [0.25, 0.3) is 10.8 Å². The number of hydrogen-bond donors (Lipinski definition) is 3. The van der Waals surface area contributed by atoms with Crippen LogP contribution in [0.15, 0.2) is 71.6 Å². The number of fused-ring (bicyclic) bond motifs is 1. The second kappa shape index (κ2) is 8.41. The highest BCUT2D eigenvalue weighted by Gasteiger charge is 2.16. The third-order valence-corrected chi connectivity index (χ3v) is 5.84. The Kier molecular flexibility index (Phi) is 5.96. The van der Waals surface area contributed by atoms with Crippen molar-refractivity contribution in [3.05, 3.63) is 72.3 Å². The van der Waals surface area contributed by atoms with Crippen molar-refractivity contribution < 1.29 is 18.3 Å². The molecule has 1 atom stereocenters. The van der Waals surface area contributed by atoms with Gasteiger partial charge in [0.2, 0.25) is 0 Å². The highest BCUT2D eigenvalue weighted by molar-refractivity contribution is 7.92. The van der Waals surface area contributed by atoms with Crippen molar-refractivity contribution in [3.8, 4) is 0 Å². The zero-order chi connectivity index (χ0) is 20.1. The molecule has 3 rings (SSSR count). The molecule has 0 spiro atoms. The quantitative estimate of drug-likeness (QED) is 0.570. The predicted octanol–water partition coefficient (Wildman–Crippen LogP) is 3.14. The van der Waals surface area contributed by atoms with Gasteiger partial charge in [0.1, 0.15) is 0 Å². The standard InChI is InChI=1S/C21H22N2O4S/c1-2-18(14-24)22-21(25)17-8-5-9-19(12-17)23-28(26,27)20-11-10-15-6-3-4-7-16(15)13-20/h3-13,18,23-24H,2,14H2,1H3,(H,22,25). The number of carbonyl (C=O) groups is 1. The summed E-state index contributed by atoms with van der Waals surface area (Å²) in [5, 5.41) is 13.7. The minimum absolute atomic E-state index is 0.146. The minimum Gasteiger partial charge on any atom is -0.394 e. The van der Waals surface area contributed by atoms with Crippen molar-refractivity contribution in [3.63, 3.8) is 0 Å². The van der Waals surface area contributed by atoms with Crippen LogP contribution in [0.5, 0.6) is 0 Å². The average molecular weight is 398 g/mol. The summed E-state index contributed by atoms with van der Waals surface area (Å²) in [6.07, 6.45) is 0.594. The summed E-state index contributed by atoms with van der Waals surface area (Å²) in [5.41, 5.74) is 0.600. The number of rotatable bonds is 7. The van der Waals surface area contributed by atoms with Gasteiger partial charge >= 0.3 is 0 Å². The summed E-state index contributed by atoms with van der Waals surface area (Å²) in [5.74, 6) is -0.368. The molecule has 7 heteroatoms. The number of sulfonamides is 1. The van der Waals surface area contributed by atoms with Gasteiger partial charge in [-0.2, -0.15) is 0 Å². The van der Waals surface area contributed by atoms with Crippen LogP contribution in [0.1, 0.15) is 23.7 Å². The van der Waals surface area contributed by atoms with E-state index in [1.54, 1.807) is 36.4 Å². The van der Waals surface area contributed by atoms with Crippen LogP contribution in [-0.4, -0.2) is 32.1 Å². The first kappa shape index (κ1) is 19.9. The van der Waals surface area contributed by atoms with Crippen LogP contribution in [-0.2, 0) is 10.0 Å². The predicted molar refractivity (Wildman–Crippen MR) is 110 cm³/mol. The van der Waals surface area contributed by atoms with Gasteiger partial charge in [-0.15, -0.1) is 0 Å². The van der Waals surface area contributed by atoms with Crippen molar-refractivity contribution in [1.29, 1.82) is 0 Å². The van der Waals surface area contributed by atoms with Crippen LogP contribution in [0, 0.1) is 0 Å². The lowest BCUT2D eigenvalue weighted by Gasteiger charge is -2.15. The first-order valence-electron chi connectivity index (χ1n) is 8.96. The number of amides is 1. The number of hydrogen-bond acceptors (Lipinski definition) is 4. The van der Waals surface area contributed by atoms with Crippen molar-refractivity contribution in [1.82, 2.24) is 5.32 Å². The van der Waals surface area contributed by atoms with E-state index in [0.717, 1.165) is 10.8 Å². The lowest BCUT2D eigenvalue weighted by Crippen LogP contribution is -2.36. The molecule has 0 heterocycles. The van der Waals surface area contributed by atoms with Gasteiger partial charge in [0.15, 0.2) is 0 Å². The molecule has 0 aliphatic carbocycles. The molecule has 3 N–H and O–H groups in total. The molecule has 0 saturated carbocycles. The van der Waals surface area contributed by atoms with E-state index < -0.39 is 10.0 Å². The third-order valence-electron chi connectivity index (χ3n) is 4.46. The average Bonchev–Trinajstić information content (AvgIpc) is 2.71. The van der Waals surface area contributed by atoms with E-state index in [0.29, 0.717) is 12.0 Å². The second-order valence-electron chi connectivity index (χ2n) is 6.46. The third kappa shape index (κ3) is 4.49. The Hall–Kier alpha value is -2.90. The molecule has 3 aromatic rings. The van der Waals surface area contributed by atoms with Gasteiger partial charge in [-0.05, 0) is 47.5 Å². The molecular weight excluding hydrogens is 376 g/mol. The molecule has 1 amide bonds. The molecule has 146 valence electrons. The zero-order valence-electron chi connectivity index (χ0n) is 15.4. The molecule has 0 aliphatic rings. The zero-order valence-corrected chi connectivity index (χ0v) is 16.2. The Morgan fingerprint density at radius 2 is 1.75 bits per heavy atom. The van der Waals surface area contributed by atoms with Gasteiger partial charge in [-0.1, -0.05) is 43.3 Å². The number of nitrogens with one attached hydrogen (secondary N) is 2. The number of anilines is 1. The van der Waals surface area contributed by atoms with E-state index in [9.17, 15) is 18.3 Å². The topological polar surface area (TPSA) is 95.5 Å². The first-order valence-corrected chi connectivity index (χ1v) is 10.4. The van der Waals surface area contributed by atoms with Crippen LogP contribution in [0.4, 0.5) is 5.69 Å². The highest BCUT2D eigenvalue weighted by atomic mass is 32.2. The Labute approximate surface area is 164 Å². The fourth-order valence-corrected chi connectivity index (χ4v) is 3.90. The van der Waals surface area contributed by atoms with Crippen molar-refractivity contribution in [2.45, 2.75) is 24.3 Å². The van der Waals surface area contributed by atoms with E-state index in [4.69, 9.17) is 0 Å². The van der Waals surface area contributed by atoms with E-state index in [1.807, 2.05) is 31.2 Å². The fourth-order valence-electron chi connectivity index (χ4n) is 2.82. The Balaban J connectivity index is 1.83. The molecule has 0 radical (unpaired) electrons. The maximum Gasteiger partial charge on any atom is 0.261 e. The fraction of sp³-hybridized carbons (Fsp3) is 0.190. The molecule has 0 aromatic heterocycles. The van der Waals surface area contributed by atoms with Crippen molar-refractivity contribution in [2.75, 3.05) is 11.3 Å². The molecule has 28 heavy (non-hydrogen) atoms. The summed E-state index contributed by atoms with van der Waals surface area (Å²) in [6, 6.07) is 18.3. The molecule has 3 aromatic carbocycles. The van der Waals surface area contributed by atoms with Crippen LogP contribution < -0.4 is 10.0 Å². The van der Waals surface area contributed by atoms with Gasteiger partial charge in [0, 0.05) is 11.3 Å². The SMILES string of the molecule is CCC(CO)NC(=O)c1cccc(NS(=O)(=O)c2ccc3ccccc3c2)c1. The van der Waals surface area contributed by atoms with Gasteiger partial charge in [0.05, 0.1) is 17.5 Å². The smallest absolute Gasteiger partial charge is 0.261 e. The van der Waals surface area contributed by atoms with Gasteiger partial charge in [-0.25, -0.2) is 8.42 Å². The summed E-state index contributed by atoms with van der Waals surface area (Å²) >= 11 is 0. The monoisotopic (exact) mass is 398 g/mol. The second-order valence-corrected chi connectivity index (χ2v) is 8.14. The highest BCUT2D eigenvalue weighted by Crippen LogP contribution is 2.22. The van der Waals surface area contributed by atoms with Crippen LogP contribution >= 0.6 is 0 Å². The van der Waals surface area contributed by atoms with Gasteiger partial charge in [-0.3, -0.25) is 9.52 Å². The van der Waals surface area contributed by atoms with Crippen LogP contribution in [0.3, 0.4) is 0 Å². The van der Waals surface area contributed by atoms with E-state index in [2.05, 4.69) is 10.0 Å². The summed E-state index contributed by atoms with van der Waals surface area (Å²) in [7, 11) is -3.80. The largest absolute Gasteiger partial charge is 0.394 e. The number of carbonyl (C=O) groups excluding carboxylic acids is 1. The lowest BCUT2D eigenvalue weighted by atomic mass is 10.1. The molecule has 0 fully saturated rings. The molecular formula is C21H22N2O4S. The normalized spacial score (nSPS) is 12.5. The number of aliphatic hydroxyl groups excluding tert-OH is 1. The Morgan fingerprint density at radius 3 is 2.46 bits per heavy atom. The molecule has 1 unspecified atom stereocenters. The van der Waals surface area contributed by atoms with Crippen molar-refractivity contribution in [2.24, 2.45) is 0 Å². The minimum atomic E-state index is -3.80. The van der Waals surface area contributed by atoms with E-state index in [-0.39, 0.29) is 29.1 Å². The number of benzene rings is 3. The summed E-state index contributed by atoms with van der Waals surface area (Å²) in [4.78, 5) is 12.5. The molecule has 6 nitrogen and oxygen atoms in total. The van der Waals surface area contributed by atoms with Gasteiger partial charge < -0.3 is 10.4 Å².